The fourth-order valence-corrected chi connectivity index (χ4v) is 13.2. The molecule has 492 valence electrons. The molecule has 12 heteroatoms. The predicted molar refractivity (Wildman–Crippen MR) is 369 cm³/mol. The number of Topliss-reactive ketones (excluding diaryl/α,β-unsaturated/α-hetero) is 1. The summed E-state index contributed by atoms with van der Waals surface area (Å²) in [7, 11) is 3.93. The zero-order valence-corrected chi connectivity index (χ0v) is 57.0. The molecule has 1 aliphatic heterocycles. The number of hydrogen-bond donors (Lipinski definition) is 3. The minimum atomic E-state index is -0.419. The second-order valence-electron chi connectivity index (χ2n) is 24.8. The minimum Gasteiger partial charge on any atom is -0.464 e. The zero-order chi connectivity index (χ0) is 60.9. The van der Waals surface area contributed by atoms with Gasteiger partial charge < -0.3 is 20.1 Å². The number of piperazine rings is 1. The van der Waals surface area contributed by atoms with Crippen molar-refractivity contribution >= 4 is 33.3 Å². The van der Waals surface area contributed by atoms with Gasteiger partial charge in [0.1, 0.15) is 12.4 Å². The van der Waals surface area contributed by atoms with E-state index in [-0.39, 0.29) is 24.0 Å². The largest absolute Gasteiger partial charge is 0.464 e. The van der Waals surface area contributed by atoms with Crippen LogP contribution in [0.15, 0.2) is 48.6 Å². The zero-order valence-electron chi connectivity index (χ0n) is 55.4. The lowest BCUT2D eigenvalue weighted by molar-refractivity contribution is -0.144. The molecule has 3 unspecified atom stereocenters. The smallest absolute Gasteiger partial charge is 0.305 e. The van der Waals surface area contributed by atoms with Gasteiger partial charge in [-0.2, -0.15) is 0 Å². The van der Waals surface area contributed by atoms with Crippen LogP contribution in [0.2, 0.25) is 0 Å². The number of nitrogens with zero attached hydrogens (tertiary/aromatic N) is 4. The summed E-state index contributed by atoms with van der Waals surface area (Å²) in [6, 6.07) is 0. The summed E-state index contributed by atoms with van der Waals surface area (Å²) < 4.78 is 5.69. The molecule has 1 rings (SSSR count). The predicted octanol–water partition coefficient (Wildman–Crippen LogP) is 17.7. The van der Waals surface area contributed by atoms with Crippen LogP contribution in [0.4, 0.5) is 0 Å². The topological polar surface area (TPSA) is 117 Å². The summed E-state index contributed by atoms with van der Waals surface area (Å²) in [6.45, 7) is 19.1. The molecule has 0 aromatic heterocycles. The highest BCUT2D eigenvalue weighted by molar-refractivity contribution is 8.76. The number of esters is 1. The highest BCUT2D eigenvalue weighted by Crippen LogP contribution is 2.23. The van der Waals surface area contributed by atoms with E-state index in [4.69, 9.17) is 4.74 Å². The van der Waals surface area contributed by atoms with Gasteiger partial charge in [0.2, 0.25) is 0 Å². The Bertz CT molecular complexity index is 1490. The first kappa shape index (κ1) is 80.5. The summed E-state index contributed by atoms with van der Waals surface area (Å²) in [4.78, 5) is 35.1. The lowest BCUT2D eigenvalue weighted by Crippen LogP contribution is -2.47. The van der Waals surface area contributed by atoms with Gasteiger partial charge in [-0.15, -0.1) is 0 Å². The van der Waals surface area contributed by atoms with Crippen LogP contribution in [-0.2, 0) is 14.3 Å². The first-order valence-corrected chi connectivity index (χ1v) is 38.1. The number of hydrogen-bond acceptors (Lipinski definition) is 12. The maximum Gasteiger partial charge on any atom is 0.305 e. The van der Waals surface area contributed by atoms with Gasteiger partial charge in [-0.25, -0.2) is 0 Å². The molecular weight excluding hydrogens is 1080 g/mol. The molecule has 3 N–H and O–H groups in total. The van der Waals surface area contributed by atoms with E-state index < -0.39 is 6.10 Å². The van der Waals surface area contributed by atoms with E-state index in [1.807, 2.05) is 21.6 Å². The van der Waals surface area contributed by atoms with Crippen molar-refractivity contribution in [2.24, 2.45) is 0 Å². The second-order valence-corrected chi connectivity index (χ2v) is 27.5. The SMILES string of the molecule is CCCCC/C=C\C/C=C\CCCCCCC(O)CN(CCCSSCCN1CCN(CCOC(=O)CCCCN(CC(=O)CCCCCCCC)CC(O)CCCCCCCC)CC1)CC(O)CCCCCC/C=C\C/C=C\CCCCC. The molecule has 0 radical (unpaired) electrons. The molecule has 0 aliphatic carbocycles. The van der Waals surface area contributed by atoms with E-state index in [1.165, 1.54) is 128 Å². The lowest BCUT2D eigenvalue weighted by atomic mass is 10.1. The van der Waals surface area contributed by atoms with Gasteiger partial charge in [-0.3, -0.25) is 29.2 Å². The highest BCUT2D eigenvalue weighted by atomic mass is 33.1. The molecule has 0 spiro atoms. The Morgan fingerprint density at radius 1 is 0.429 bits per heavy atom. The molecule has 1 heterocycles. The maximum absolute atomic E-state index is 13.0. The Morgan fingerprint density at radius 3 is 1.31 bits per heavy atom. The van der Waals surface area contributed by atoms with Crippen LogP contribution in [0.3, 0.4) is 0 Å². The number of rotatable bonds is 64. The quantitative estimate of drug-likeness (QED) is 0.0233. The molecule has 1 fully saturated rings. The van der Waals surface area contributed by atoms with Crippen LogP contribution in [-0.4, -0.2) is 162 Å². The van der Waals surface area contributed by atoms with E-state index >= 15 is 0 Å². The van der Waals surface area contributed by atoms with E-state index in [0.29, 0.717) is 45.6 Å². The first-order valence-electron chi connectivity index (χ1n) is 35.7. The Kier molecular flexibility index (Phi) is 60.5. The molecule has 0 aromatic rings. The molecule has 10 nitrogen and oxygen atoms in total. The average molecular weight is 1220 g/mol. The Labute approximate surface area is 527 Å². The number of ether oxygens (including phenoxy) is 1. The number of unbranched alkanes of at least 4 members (excludes halogenated alkanes) is 25. The summed E-state index contributed by atoms with van der Waals surface area (Å²) in [5, 5.41) is 33.2. The van der Waals surface area contributed by atoms with E-state index in [9.17, 15) is 24.9 Å². The second kappa shape index (κ2) is 63.1. The van der Waals surface area contributed by atoms with Crippen molar-refractivity contribution in [3.05, 3.63) is 48.6 Å². The molecule has 0 aromatic carbocycles. The number of aliphatic hydroxyl groups is 3. The number of allylic oxidation sites excluding steroid dienone is 8. The third-order valence-corrected chi connectivity index (χ3v) is 19.0. The standard InChI is InChI=1S/C72H136N4O6S2/c1-5-9-13-17-21-23-25-27-29-31-33-35-39-43-50-70(79)66-76(67-71(80)51-44-40-36-34-32-30-28-26-24-22-18-14-10-6-2)54-47-62-83-84-63-60-74-57-55-73(56-58-74)59-61-82-72(81)52-45-46-53-75(64-68(77)48-41-37-19-15-11-7-3)65-69(78)49-42-38-20-16-12-8-4/h21-24,27-30,68,70-71,77,79-80H,5-20,25-26,31-67H2,1-4H3/b23-21-,24-22-,29-27-,30-28-. The molecule has 0 bridgehead atoms. The Balaban J connectivity index is 2.39. The monoisotopic (exact) mass is 1220 g/mol. The third-order valence-electron chi connectivity index (χ3n) is 16.5. The van der Waals surface area contributed by atoms with Crippen molar-refractivity contribution in [2.45, 2.75) is 303 Å². The van der Waals surface area contributed by atoms with Crippen molar-refractivity contribution in [2.75, 3.05) is 96.6 Å². The summed E-state index contributed by atoms with van der Waals surface area (Å²) in [5.41, 5.74) is 0. The molecule has 1 aliphatic rings. The number of ketones is 1. The number of carbonyl (C=O) groups excluding carboxylic acids is 2. The third kappa shape index (κ3) is 55.8. The van der Waals surface area contributed by atoms with Crippen LogP contribution in [0.25, 0.3) is 0 Å². The van der Waals surface area contributed by atoms with Gasteiger partial charge in [-0.05, 0) is 122 Å². The average Bonchev–Trinajstić information content (AvgIpc) is 3.51. The lowest BCUT2D eigenvalue weighted by Gasteiger charge is -2.34. The molecule has 84 heavy (non-hydrogen) atoms. The van der Waals surface area contributed by atoms with E-state index in [1.54, 1.807) is 0 Å². The van der Waals surface area contributed by atoms with Gasteiger partial charge in [0, 0.05) is 83.3 Å². The first-order chi connectivity index (χ1) is 41.2. The minimum absolute atomic E-state index is 0.139. The van der Waals surface area contributed by atoms with Crippen molar-refractivity contribution in [1.82, 2.24) is 19.6 Å². The fraction of sp³-hybridized carbons (Fsp3) is 0.861. The van der Waals surface area contributed by atoms with Crippen molar-refractivity contribution in [3.63, 3.8) is 0 Å². The number of carbonyl (C=O) groups is 2. The van der Waals surface area contributed by atoms with Crippen LogP contribution in [0.5, 0.6) is 0 Å². The highest BCUT2D eigenvalue weighted by Gasteiger charge is 2.20. The summed E-state index contributed by atoms with van der Waals surface area (Å²) in [6.07, 6.45) is 61.6. The molecular formula is C72H136N4O6S2. The normalized spacial score (nSPS) is 14.9. The van der Waals surface area contributed by atoms with Crippen molar-refractivity contribution in [1.29, 1.82) is 0 Å². The van der Waals surface area contributed by atoms with Gasteiger partial charge in [0.25, 0.3) is 0 Å². The van der Waals surface area contributed by atoms with Crippen LogP contribution >= 0.6 is 21.6 Å². The van der Waals surface area contributed by atoms with Gasteiger partial charge in [0.05, 0.1) is 24.9 Å². The van der Waals surface area contributed by atoms with Gasteiger partial charge in [-0.1, -0.05) is 233 Å². The molecule has 0 amide bonds. The Morgan fingerprint density at radius 2 is 0.810 bits per heavy atom. The van der Waals surface area contributed by atoms with Crippen LogP contribution < -0.4 is 0 Å². The molecule has 0 saturated carbocycles. The van der Waals surface area contributed by atoms with Crippen LogP contribution in [0.1, 0.15) is 285 Å². The van der Waals surface area contributed by atoms with Gasteiger partial charge in [0.15, 0.2) is 0 Å². The van der Waals surface area contributed by atoms with Crippen molar-refractivity contribution in [3.8, 4) is 0 Å². The van der Waals surface area contributed by atoms with Crippen LogP contribution in [0, 0.1) is 0 Å². The van der Waals surface area contributed by atoms with Crippen molar-refractivity contribution < 1.29 is 29.6 Å². The molecule has 1 saturated heterocycles. The summed E-state index contributed by atoms with van der Waals surface area (Å²) >= 11 is 0. The van der Waals surface area contributed by atoms with E-state index in [0.717, 1.165) is 179 Å². The number of aliphatic hydroxyl groups excluding tert-OH is 3. The summed E-state index contributed by atoms with van der Waals surface area (Å²) in [5.74, 6) is 2.29. The molecule has 3 atom stereocenters. The maximum atomic E-state index is 13.0. The van der Waals surface area contributed by atoms with E-state index in [2.05, 4.69) is 95.9 Å². The fourth-order valence-electron chi connectivity index (χ4n) is 11.1. The Hall–Kier alpha value is -1.48. The van der Waals surface area contributed by atoms with Gasteiger partial charge >= 0.3 is 5.97 Å².